The number of aromatic nitrogens is 4. The summed E-state index contributed by atoms with van der Waals surface area (Å²) >= 11 is 3.09. The Balaban J connectivity index is 1.39. The molecule has 0 atom stereocenters. The summed E-state index contributed by atoms with van der Waals surface area (Å²) in [7, 11) is 0. The van der Waals surface area contributed by atoms with Crippen molar-refractivity contribution in [2.24, 2.45) is 0 Å². The molecule has 0 radical (unpaired) electrons. The van der Waals surface area contributed by atoms with Crippen LogP contribution in [0.3, 0.4) is 0 Å². The number of rotatable bonds is 7. The van der Waals surface area contributed by atoms with Crippen LogP contribution in [-0.4, -0.2) is 31.4 Å². The van der Waals surface area contributed by atoms with Crippen molar-refractivity contribution in [3.63, 3.8) is 0 Å². The van der Waals surface area contributed by atoms with Crippen LogP contribution < -0.4 is 5.32 Å². The van der Waals surface area contributed by atoms with Crippen molar-refractivity contribution in [3.8, 4) is 10.6 Å². The van der Waals surface area contributed by atoms with E-state index in [1.165, 1.54) is 22.0 Å². The predicted molar refractivity (Wildman–Crippen MR) is 129 cm³/mol. The van der Waals surface area contributed by atoms with Gasteiger partial charge >= 0.3 is 0 Å². The van der Waals surface area contributed by atoms with E-state index < -0.39 is 0 Å². The molecule has 8 heteroatoms. The zero-order valence-corrected chi connectivity index (χ0v) is 19.7. The van der Waals surface area contributed by atoms with Crippen molar-refractivity contribution >= 4 is 44.9 Å². The summed E-state index contributed by atoms with van der Waals surface area (Å²) in [6.07, 6.45) is 0. The fraction of sp³-hybridized carbons (Fsp3) is 0.304. The van der Waals surface area contributed by atoms with Crippen LogP contribution in [0.1, 0.15) is 38.1 Å². The summed E-state index contributed by atoms with van der Waals surface area (Å²) in [6, 6.07) is 14.1. The molecule has 0 unspecified atom stereocenters. The fourth-order valence-electron chi connectivity index (χ4n) is 3.31. The molecule has 2 aromatic heterocycles. The summed E-state index contributed by atoms with van der Waals surface area (Å²) in [5.41, 5.74) is 4.06. The highest BCUT2D eigenvalue weighted by atomic mass is 32.2. The van der Waals surface area contributed by atoms with Gasteiger partial charge in [-0.2, -0.15) is 0 Å². The van der Waals surface area contributed by atoms with Gasteiger partial charge in [0, 0.05) is 23.7 Å². The molecule has 0 aliphatic heterocycles. The van der Waals surface area contributed by atoms with Gasteiger partial charge in [0.05, 0.1) is 16.0 Å². The van der Waals surface area contributed by atoms with Gasteiger partial charge in [-0.05, 0) is 55.8 Å². The molecule has 1 N–H and O–H groups in total. The van der Waals surface area contributed by atoms with Gasteiger partial charge in [0.2, 0.25) is 5.91 Å². The number of aryl methyl sites for hydroxylation is 1. The number of thioether (sulfide) groups is 1. The minimum absolute atomic E-state index is 0.0648. The Labute approximate surface area is 190 Å². The molecule has 2 heterocycles. The molecule has 1 amide bonds. The van der Waals surface area contributed by atoms with E-state index in [9.17, 15) is 4.79 Å². The van der Waals surface area contributed by atoms with Crippen molar-refractivity contribution in [1.29, 1.82) is 0 Å². The van der Waals surface area contributed by atoms with Crippen LogP contribution >= 0.6 is 23.1 Å². The molecule has 4 rings (SSSR count). The number of hydrogen-bond acceptors (Lipinski definition) is 6. The second-order valence-electron chi connectivity index (χ2n) is 7.64. The zero-order valence-electron chi connectivity index (χ0n) is 18.0. The van der Waals surface area contributed by atoms with Crippen molar-refractivity contribution in [1.82, 2.24) is 19.7 Å². The van der Waals surface area contributed by atoms with E-state index in [-0.39, 0.29) is 11.7 Å². The third-order valence-corrected chi connectivity index (χ3v) is 6.90. The molecular weight excluding hydrogens is 426 g/mol. The monoisotopic (exact) mass is 451 g/mol. The second kappa shape index (κ2) is 9.20. The van der Waals surface area contributed by atoms with Crippen molar-refractivity contribution in [2.75, 3.05) is 11.1 Å². The topological polar surface area (TPSA) is 72.7 Å². The first kappa shape index (κ1) is 21.5. The van der Waals surface area contributed by atoms with Crippen LogP contribution in [0.5, 0.6) is 0 Å². The van der Waals surface area contributed by atoms with Gasteiger partial charge in [0.25, 0.3) is 0 Å². The van der Waals surface area contributed by atoms with Gasteiger partial charge in [-0.15, -0.1) is 21.5 Å². The Bertz CT molecular complexity index is 1210. The number of anilines is 1. The lowest BCUT2D eigenvalue weighted by molar-refractivity contribution is -0.113. The standard InChI is InChI=1S/C23H25N5OS2/c1-5-28-21(14(2)3)26-27-23(28)30-13-20(29)24-17-9-7-16(8-10-17)22-25-18-11-6-15(4)12-19(18)31-22/h6-12,14H,5,13H2,1-4H3,(H,24,29). The molecule has 0 saturated carbocycles. The normalized spacial score (nSPS) is 11.4. The van der Waals surface area contributed by atoms with Crippen LogP contribution in [0.25, 0.3) is 20.8 Å². The molecule has 2 aromatic carbocycles. The fourth-order valence-corrected chi connectivity index (χ4v) is 5.19. The van der Waals surface area contributed by atoms with Crippen LogP contribution in [0.4, 0.5) is 5.69 Å². The lowest BCUT2D eigenvalue weighted by Crippen LogP contribution is -2.14. The van der Waals surface area contributed by atoms with Gasteiger partial charge in [-0.1, -0.05) is 31.7 Å². The van der Waals surface area contributed by atoms with Gasteiger partial charge in [0.15, 0.2) is 5.16 Å². The molecule has 4 aromatic rings. The first-order valence-corrected chi connectivity index (χ1v) is 12.1. The number of hydrogen-bond donors (Lipinski definition) is 1. The number of nitrogens with zero attached hydrogens (tertiary/aromatic N) is 4. The maximum Gasteiger partial charge on any atom is 0.234 e. The Hall–Kier alpha value is -2.71. The largest absolute Gasteiger partial charge is 0.325 e. The third-order valence-electron chi connectivity index (χ3n) is 4.87. The molecule has 31 heavy (non-hydrogen) atoms. The maximum absolute atomic E-state index is 12.4. The van der Waals surface area contributed by atoms with E-state index >= 15 is 0 Å². The lowest BCUT2D eigenvalue weighted by atomic mass is 10.2. The molecule has 6 nitrogen and oxygen atoms in total. The molecule has 0 saturated heterocycles. The number of carbonyl (C=O) groups is 1. The molecular formula is C23H25N5OS2. The highest BCUT2D eigenvalue weighted by molar-refractivity contribution is 7.99. The van der Waals surface area contributed by atoms with Crippen molar-refractivity contribution in [3.05, 3.63) is 53.9 Å². The zero-order chi connectivity index (χ0) is 22.0. The van der Waals surface area contributed by atoms with E-state index in [1.54, 1.807) is 11.3 Å². The van der Waals surface area contributed by atoms with Gasteiger partial charge in [-0.3, -0.25) is 4.79 Å². The first-order chi connectivity index (χ1) is 14.9. The molecule has 0 aliphatic carbocycles. The third kappa shape index (κ3) is 4.80. The van der Waals surface area contributed by atoms with Gasteiger partial charge < -0.3 is 9.88 Å². The quantitative estimate of drug-likeness (QED) is 0.363. The molecule has 0 fully saturated rings. The molecule has 0 spiro atoms. The van der Waals surface area contributed by atoms with Crippen LogP contribution in [-0.2, 0) is 11.3 Å². The molecule has 160 valence electrons. The summed E-state index contributed by atoms with van der Waals surface area (Å²) in [4.78, 5) is 17.2. The van der Waals surface area contributed by atoms with Crippen LogP contribution in [0, 0.1) is 6.92 Å². The number of fused-ring (bicyclic) bond motifs is 1. The van der Waals surface area contributed by atoms with Crippen molar-refractivity contribution in [2.45, 2.75) is 45.3 Å². The smallest absolute Gasteiger partial charge is 0.234 e. The minimum atomic E-state index is -0.0648. The highest BCUT2D eigenvalue weighted by Crippen LogP contribution is 2.31. The number of benzene rings is 2. The highest BCUT2D eigenvalue weighted by Gasteiger charge is 2.15. The van der Waals surface area contributed by atoms with Crippen LogP contribution in [0.2, 0.25) is 0 Å². The Morgan fingerprint density at radius 1 is 1.16 bits per heavy atom. The second-order valence-corrected chi connectivity index (χ2v) is 9.62. The summed E-state index contributed by atoms with van der Waals surface area (Å²) < 4.78 is 3.25. The number of thiazole rings is 1. The van der Waals surface area contributed by atoms with E-state index in [0.29, 0.717) is 5.92 Å². The number of amides is 1. The lowest BCUT2D eigenvalue weighted by Gasteiger charge is -2.09. The minimum Gasteiger partial charge on any atom is -0.325 e. The summed E-state index contributed by atoms with van der Waals surface area (Å²) in [5, 5.41) is 13.2. The Morgan fingerprint density at radius 2 is 1.94 bits per heavy atom. The van der Waals surface area contributed by atoms with E-state index in [4.69, 9.17) is 4.98 Å². The number of carbonyl (C=O) groups excluding carboxylic acids is 1. The SMILES string of the molecule is CCn1c(SCC(=O)Nc2ccc(-c3nc4ccc(C)cc4s3)cc2)nnc1C(C)C. The average Bonchev–Trinajstić information content (AvgIpc) is 3.36. The van der Waals surface area contributed by atoms with Gasteiger partial charge in [-0.25, -0.2) is 4.98 Å². The number of nitrogens with one attached hydrogen (secondary N) is 1. The molecule has 0 bridgehead atoms. The molecule has 0 aliphatic rings. The van der Waals surface area contributed by atoms with E-state index in [0.717, 1.165) is 39.3 Å². The van der Waals surface area contributed by atoms with Crippen molar-refractivity contribution < 1.29 is 4.79 Å². The Kier molecular flexibility index (Phi) is 6.38. The first-order valence-electron chi connectivity index (χ1n) is 10.3. The van der Waals surface area contributed by atoms with Gasteiger partial charge in [0.1, 0.15) is 10.8 Å². The maximum atomic E-state index is 12.4. The van der Waals surface area contributed by atoms with Crippen LogP contribution in [0.15, 0.2) is 47.6 Å². The average molecular weight is 452 g/mol. The predicted octanol–water partition coefficient (Wildman–Crippen LogP) is 5.74. The summed E-state index contributed by atoms with van der Waals surface area (Å²) in [5.74, 6) is 1.47. The van der Waals surface area contributed by atoms with E-state index in [2.05, 4.69) is 66.0 Å². The van der Waals surface area contributed by atoms with E-state index in [1.807, 2.05) is 24.3 Å². The Morgan fingerprint density at radius 3 is 2.65 bits per heavy atom. The summed E-state index contributed by atoms with van der Waals surface area (Å²) in [6.45, 7) is 9.13.